The highest BCUT2D eigenvalue weighted by atomic mass is 35.5. The highest BCUT2D eigenvalue weighted by molar-refractivity contribution is 7.92. The lowest BCUT2D eigenvalue weighted by Gasteiger charge is -2.26. The van der Waals surface area contributed by atoms with Gasteiger partial charge < -0.3 is 5.32 Å². The van der Waals surface area contributed by atoms with Gasteiger partial charge in [0.15, 0.2) is 0 Å². The molecule has 4 rings (SSSR count). The first-order valence-corrected chi connectivity index (χ1v) is 13.6. The molecule has 202 valence electrons. The Hall–Kier alpha value is -3.89. The lowest BCUT2D eigenvalue weighted by molar-refractivity contribution is -0.137. The summed E-state index contributed by atoms with van der Waals surface area (Å²) in [7, 11) is -4.43. The number of hydrogen-bond donors (Lipinski definition) is 1. The van der Waals surface area contributed by atoms with Gasteiger partial charge in [-0.1, -0.05) is 54.1 Å². The zero-order chi connectivity index (χ0) is 28.0. The van der Waals surface area contributed by atoms with Crippen LogP contribution in [-0.4, -0.2) is 25.9 Å². The maximum absolute atomic E-state index is 13.8. The van der Waals surface area contributed by atoms with Crippen molar-refractivity contribution in [1.29, 1.82) is 0 Å². The molecule has 11 heteroatoms. The Bertz CT molecular complexity index is 1550. The summed E-state index contributed by atoms with van der Waals surface area (Å²) in [6.07, 6.45) is -2.59. The van der Waals surface area contributed by atoms with Crippen molar-refractivity contribution < 1.29 is 26.4 Å². The Morgan fingerprint density at radius 1 is 0.923 bits per heavy atom. The predicted octanol–water partition coefficient (Wildman–Crippen LogP) is 6.12. The van der Waals surface area contributed by atoms with Crippen molar-refractivity contribution in [2.75, 3.05) is 10.8 Å². The van der Waals surface area contributed by atoms with E-state index in [0.29, 0.717) is 12.0 Å². The highest BCUT2D eigenvalue weighted by Gasteiger charge is 2.33. The van der Waals surface area contributed by atoms with E-state index in [-0.39, 0.29) is 34.3 Å². The van der Waals surface area contributed by atoms with Crippen LogP contribution in [0.1, 0.15) is 27.2 Å². The molecule has 6 nitrogen and oxygen atoms in total. The Kier molecular flexibility index (Phi) is 8.57. The van der Waals surface area contributed by atoms with Gasteiger partial charge in [-0.3, -0.25) is 14.1 Å². The smallest absolute Gasteiger partial charge is 0.352 e. The van der Waals surface area contributed by atoms with Gasteiger partial charge >= 0.3 is 6.18 Å². The van der Waals surface area contributed by atoms with Crippen molar-refractivity contribution in [3.8, 4) is 0 Å². The maximum atomic E-state index is 13.8. The average Bonchev–Trinajstić information content (AvgIpc) is 2.92. The number of benzene rings is 3. The van der Waals surface area contributed by atoms with Crippen LogP contribution in [0.2, 0.25) is 5.02 Å². The Morgan fingerprint density at radius 2 is 1.67 bits per heavy atom. The van der Waals surface area contributed by atoms with Crippen LogP contribution in [0.3, 0.4) is 0 Å². The second kappa shape index (κ2) is 11.9. The summed E-state index contributed by atoms with van der Waals surface area (Å²) < 4.78 is 68.9. The SMILES string of the molecule is O=C(NCCc1ccccn1)c1cc(S(=O)(=O)N(Cc2ccccc2)c2cccc(C(F)(F)F)c2)ccc1Cl. The molecule has 3 aromatic carbocycles. The molecule has 4 aromatic rings. The summed E-state index contributed by atoms with van der Waals surface area (Å²) in [5, 5.41) is 2.72. The number of nitrogens with zero attached hydrogens (tertiary/aromatic N) is 2. The number of amides is 1. The van der Waals surface area contributed by atoms with E-state index in [1.54, 1.807) is 48.7 Å². The lowest BCUT2D eigenvalue weighted by atomic mass is 10.2. The third kappa shape index (κ3) is 6.96. The molecule has 39 heavy (non-hydrogen) atoms. The number of nitrogens with one attached hydrogen (secondary N) is 1. The second-order valence-corrected chi connectivity index (χ2v) is 10.8. The standard InChI is InChI=1S/C28H23ClF3N3O3S/c29-26-13-12-24(18-25(26)27(36)34-16-14-22-10-4-5-15-33-22)39(37,38)35(19-20-7-2-1-3-8-20)23-11-6-9-21(17-23)28(30,31)32/h1-13,15,17-18H,14,16,19H2,(H,34,36). The highest BCUT2D eigenvalue weighted by Crippen LogP contribution is 2.34. The number of hydrogen-bond acceptors (Lipinski definition) is 4. The van der Waals surface area contributed by atoms with Crippen LogP contribution >= 0.6 is 11.6 Å². The summed E-state index contributed by atoms with van der Waals surface area (Å²) in [4.78, 5) is 16.8. The summed E-state index contributed by atoms with van der Waals surface area (Å²) in [6, 6.07) is 21.6. The number of anilines is 1. The van der Waals surface area contributed by atoms with Crippen molar-refractivity contribution in [1.82, 2.24) is 10.3 Å². The molecule has 0 aliphatic carbocycles. The monoisotopic (exact) mass is 573 g/mol. The van der Waals surface area contributed by atoms with E-state index in [4.69, 9.17) is 11.6 Å². The van der Waals surface area contributed by atoms with Gasteiger partial charge in [0.1, 0.15) is 0 Å². The van der Waals surface area contributed by atoms with E-state index < -0.39 is 27.7 Å². The van der Waals surface area contributed by atoms with Crippen LogP contribution in [0.5, 0.6) is 0 Å². The van der Waals surface area contributed by atoms with Gasteiger partial charge in [0.25, 0.3) is 15.9 Å². The molecule has 0 spiro atoms. The molecule has 0 unspecified atom stereocenters. The molecular formula is C28H23ClF3N3O3S. The molecule has 1 N–H and O–H groups in total. The Labute approximate surface area is 229 Å². The average molecular weight is 574 g/mol. The van der Waals surface area contributed by atoms with Crippen molar-refractivity contribution in [3.63, 3.8) is 0 Å². The van der Waals surface area contributed by atoms with Crippen LogP contribution in [0.15, 0.2) is 102 Å². The minimum absolute atomic E-state index is 0.0259. The minimum atomic E-state index is -4.67. The third-order valence-electron chi connectivity index (χ3n) is 5.79. The van der Waals surface area contributed by atoms with E-state index in [2.05, 4.69) is 10.3 Å². The van der Waals surface area contributed by atoms with E-state index in [9.17, 15) is 26.4 Å². The van der Waals surface area contributed by atoms with Crippen molar-refractivity contribution >= 4 is 33.2 Å². The largest absolute Gasteiger partial charge is 0.416 e. The summed E-state index contributed by atoms with van der Waals surface area (Å²) in [5.41, 5.74) is 0.0719. The molecule has 1 aromatic heterocycles. The summed E-state index contributed by atoms with van der Waals surface area (Å²) in [5.74, 6) is -0.596. The topological polar surface area (TPSA) is 79.4 Å². The van der Waals surface area contributed by atoms with Gasteiger partial charge in [-0.05, 0) is 54.1 Å². The number of carbonyl (C=O) groups is 1. The number of halogens is 4. The first-order valence-electron chi connectivity index (χ1n) is 11.8. The van der Waals surface area contributed by atoms with Gasteiger partial charge in [-0.15, -0.1) is 0 Å². The van der Waals surface area contributed by atoms with Crippen molar-refractivity contribution in [2.24, 2.45) is 0 Å². The van der Waals surface area contributed by atoms with E-state index in [0.717, 1.165) is 34.3 Å². The normalized spacial score (nSPS) is 11.7. The molecule has 1 amide bonds. The van der Waals surface area contributed by atoms with Crippen LogP contribution in [0.25, 0.3) is 0 Å². The number of aromatic nitrogens is 1. The number of carbonyl (C=O) groups excluding carboxylic acids is 1. The van der Waals surface area contributed by atoms with E-state index >= 15 is 0 Å². The first-order chi connectivity index (χ1) is 18.6. The molecule has 0 saturated heterocycles. The molecule has 1 heterocycles. The Morgan fingerprint density at radius 3 is 2.36 bits per heavy atom. The quantitative estimate of drug-likeness (QED) is 0.262. The van der Waals surface area contributed by atoms with Gasteiger partial charge in [0.05, 0.1) is 33.3 Å². The minimum Gasteiger partial charge on any atom is -0.352 e. The molecule has 0 fully saturated rings. The van der Waals surface area contributed by atoms with Crippen LogP contribution < -0.4 is 9.62 Å². The molecule has 0 saturated carbocycles. The van der Waals surface area contributed by atoms with Crippen molar-refractivity contribution in [3.05, 3.63) is 125 Å². The fraction of sp³-hybridized carbons (Fsp3) is 0.143. The molecular weight excluding hydrogens is 551 g/mol. The first kappa shape index (κ1) is 28.1. The van der Waals surface area contributed by atoms with E-state index in [1.165, 1.54) is 18.2 Å². The lowest BCUT2D eigenvalue weighted by Crippen LogP contribution is -2.31. The molecule has 0 atom stereocenters. The number of pyridine rings is 1. The zero-order valence-corrected chi connectivity index (χ0v) is 22.0. The number of rotatable bonds is 9. The number of sulfonamides is 1. The summed E-state index contributed by atoms with van der Waals surface area (Å²) >= 11 is 6.23. The summed E-state index contributed by atoms with van der Waals surface area (Å²) in [6.45, 7) is -0.00770. The maximum Gasteiger partial charge on any atom is 0.416 e. The number of alkyl halides is 3. The predicted molar refractivity (Wildman–Crippen MR) is 143 cm³/mol. The van der Waals surface area contributed by atoms with Gasteiger partial charge in [-0.25, -0.2) is 8.42 Å². The molecule has 0 bridgehead atoms. The van der Waals surface area contributed by atoms with Crippen LogP contribution in [0, 0.1) is 0 Å². The fourth-order valence-electron chi connectivity index (χ4n) is 3.81. The fourth-order valence-corrected chi connectivity index (χ4v) is 5.49. The Balaban J connectivity index is 1.67. The van der Waals surface area contributed by atoms with Crippen molar-refractivity contribution in [2.45, 2.75) is 24.0 Å². The molecule has 0 aliphatic heterocycles. The second-order valence-electron chi connectivity index (χ2n) is 8.51. The molecule has 0 radical (unpaired) electrons. The van der Waals surface area contributed by atoms with Crippen LogP contribution in [0.4, 0.5) is 18.9 Å². The van der Waals surface area contributed by atoms with Gasteiger partial charge in [0.2, 0.25) is 0 Å². The molecule has 0 aliphatic rings. The van der Waals surface area contributed by atoms with Gasteiger partial charge in [0, 0.05) is 24.9 Å². The zero-order valence-electron chi connectivity index (χ0n) is 20.4. The third-order valence-corrected chi connectivity index (χ3v) is 7.89. The van der Waals surface area contributed by atoms with Crippen LogP contribution in [-0.2, 0) is 29.2 Å². The van der Waals surface area contributed by atoms with Gasteiger partial charge in [-0.2, -0.15) is 13.2 Å². The van der Waals surface area contributed by atoms with E-state index in [1.807, 2.05) is 6.07 Å².